The molecule has 0 bridgehead atoms. The normalized spacial score (nSPS) is 10.6. The van der Waals surface area contributed by atoms with Gasteiger partial charge in [0.05, 0.1) is 5.69 Å². The highest BCUT2D eigenvalue weighted by Gasteiger charge is 2.18. The average Bonchev–Trinajstić information content (AvgIpc) is 2.77. The molecular formula is C15H19N3OS. The molecule has 0 saturated heterocycles. The first-order chi connectivity index (χ1) is 9.51. The van der Waals surface area contributed by atoms with Crippen LogP contribution in [0.5, 0.6) is 0 Å². The Morgan fingerprint density at radius 2 is 1.90 bits per heavy atom. The predicted octanol–water partition coefficient (Wildman–Crippen LogP) is 2.87. The first-order valence-electron chi connectivity index (χ1n) is 6.57. The van der Waals surface area contributed by atoms with Crippen LogP contribution < -0.4 is 5.73 Å². The van der Waals surface area contributed by atoms with Crippen LogP contribution in [0.15, 0.2) is 24.3 Å². The molecule has 0 aliphatic carbocycles. The lowest BCUT2D eigenvalue weighted by atomic mass is 10.1. The van der Waals surface area contributed by atoms with Crippen molar-refractivity contribution >= 4 is 22.4 Å². The Morgan fingerprint density at radius 1 is 1.30 bits per heavy atom. The molecule has 1 aromatic carbocycles. The standard InChI is InChI=1S/C15H19N3OS/c1-4-11-5-7-12(8-6-11)9-18(3)14(19)13-10(2)17-15(16)20-13/h5-8H,4,9H2,1-3H3,(H2,16,17). The molecule has 4 nitrogen and oxygen atoms in total. The van der Waals surface area contributed by atoms with Gasteiger partial charge in [-0.25, -0.2) is 4.98 Å². The minimum Gasteiger partial charge on any atom is -0.375 e. The van der Waals surface area contributed by atoms with Crippen LogP contribution >= 0.6 is 11.3 Å². The van der Waals surface area contributed by atoms with Crippen LogP contribution in [0, 0.1) is 6.92 Å². The maximum absolute atomic E-state index is 12.3. The van der Waals surface area contributed by atoms with Gasteiger partial charge in [0.2, 0.25) is 0 Å². The molecule has 0 aliphatic heterocycles. The summed E-state index contributed by atoms with van der Waals surface area (Å²) in [6.45, 7) is 4.52. The number of carbonyl (C=O) groups is 1. The summed E-state index contributed by atoms with van der Waals surface area (Å²) in [5.74, 6) is -0.0312. The topological polar surface area (TPSA) is 59.2 Å². The molecule has 5 heteroatoms. The van der Waals surface area contributed by atoms with Crippen LogP contribution in [-0.4, -0.2) is 22.8 Å². The number of nitrogens with two attached hydrogens (primary N) is 1. The number of amides is 1. The van der Waals surface area contributed by atoms with Crippen molar-refractivity contribution in [2.45, 2.75) is 26.8 Å². The van der Waals surface area contributed by atoms with E-state index in [1.165, 1.54) is 16.9 Å². The molecule has 20 heavy (non-hydrogen) atoms. The highest BCUT2D eigenvalue weighted by Crippen LogP contribution is 2.21. The first kappa shape index (κ1) is 14.5. The molecule has 2 N–H and O–H groups in total. The van der Waals surface area contributed by atoms with Gasteiger partial charge in [-0.15, -0.1) is 0 Å². The number of rotatable bonds is 4. The van der Waals surface area contributed by atoms with Crippen molar-refractivity contribution in [3.8, 4) is 0 Å². The van der Waals surface area contributed by atoms with E-state index in [1.807, 2.05) is 6.92 Å². The second-order valence-electron chi connectivity index (χ2n) is 4.80. The van der Waals surface area contributed by atoms with Crippen molar-refractivity contribution in [1.82, 2.24) is 9.88 Å². The number of aromatic nitrogens is 1. The number of nitrogens with zero attached hydrogens (tertiary/aromatic N) is 2. The van der Waals surface area contributed by atoms with E-state index < -0.39 is 0 Å². The van der Waals surface area contributed by atoms with E-state index in [4.69, 9.17) is 5.73 Å². The van der Waals surface area contributed by atoms with Gasteiger partial charge in [-0.2, -0.15) is 0 Å². The molecule has 0 unspecified atom stereocenters. The molecule has 0 saturated carbocycles. The zero-order valence-corrected chi connectivity index (χ0v) is 12.8. The molecular weight excluding hydrogens is 270 g/mol. The second-order valence-corrected chi connectivity index (χ2v) is 5.83. The monoisotopic (exact) mass is 289 g/mol. The van der Waals surface area contributed by atoms with E-state index >= 15 is 0 Å². The summed E-state index contributed by atoms with van der Waals surface area (Å²) in [6, 6.07) is 8.33. The summed E-state index contributed by atoms with van der Waals surface area (Å²) >= 11 is 1.24. The SMILES string of the molecule is CCc1ccc(CN(C)C(=O)c2sc(N)nc2C)cc1. The van der Waals surface area contributed by atoms with Gasteiger partial charge in [0.1, 0.15) is 4.88 Å². The van der Waals surface area contributed by atoms with Gasteiger partial charge in [0.25, 0.3) is 5.91 Å². The average molecular weight is 289 g/mol. The molecule has 0 fully saturated rings. The zero-order chi connectivity index (χ0) is 14.7. The quantitative estimate of drug-likeness (QED) is 0.941. The molecule has 1 heterocycles. The van der Waals surface area contributed by atoms with E-state index in [1.54, 1.807) is 11.9 Å². The van der Waals surface area contributed by atoms with Gasteiger partial charge in [0.15, 0.2) is 5.13 Å². The smallest absolute Gasteiger partial charge is 0.265 e. The Bertz CT molecular complexity index is 604. The van der Waals surface area contributed by atoms with Crippen molar-refractivity contribution in [1.29, 1.82) is 0 Å². The molecule has 0 atom stereocenters. The number of anilines is 1. The summed E-state index contributed by atoms with van der Waals surface area (Å²) in [7, 11) is 1.80. The summed E-state index contributed by atoms with van der Waals surface area (Å²) in [5, 5.41) is 0.437. The summed E-state index contributed by atoms with van der Waals surface area (Å²) in [5.41, 5.74) is 8.76. The van der Waals surface area contributed by atoms with Gasteiger partial charge in [-0.05, 0) is 24.5 Å². The van der Waals surface area contributed by atoms with Crippen LogP contribution in [0.4, 0.5) is 5.13 Å². The fourth-order valence-corrected chi connectivity index (χ4v) is 2.84. The zero-order valence-electron chi connectivity index (χ0n) is 12.0. The van der Waals surface area contributed by atoms with Crippen molar-refractivity contribution in [2.75, 3.05) is 12.8 Å². The third-order valence-electron chi connectivity index (χ3n) is 3.21. The molecule has 106 valence electrons. The summed E-state index contributed by atoms with van der Waals surface area (Å²) < 4.78 is 0. The largest absolute Gasteiger partial charge is 0.375 e. The van der Waals surface area contributed by atoms with Crippen molar-refractivity contribution < 1.29 is 4.79 Å². The lowest BCUT2D eigenvalue weighted by Crippen LogP contribution is -2.26. The van der Waals surface area contributed by atoms with Crippen LogP contribution in [0.2, 0.25) is 0 Å². The van der Waals surface area contributed by atoms with Crippen LogP contribution in [0.1, 0.15) is 33.4 Å². The molecule has 1 amide bonds. The molecule has 2 rings (SSSR count). The van der Waals surface area contributed by atoms with Gasteiger partial charge in [-0.1, -0.05) is 42.5 Å². The highest BCUT2D eigenvalue weighted by atomic mass is 32.1. The van der Waals surface area contributed by atoms with Crippen LogP contribution in [0.25, 0.3) is 0 Å². The maximum Gasteiger partial charge on any atom is 0.265 e. The number of hydrogen-bond donors (Lipinski definition) is 1. The second kappa shape index (κ2) is 6.05. The third kappa shape index (κ3) is 3.17. The Morgan fingerprint density at radius 3 is 2.40 bits per heavy atom. The molecule has 0 aliphatic rings. The highest BCUT2D eigenvalue weighted by molar-refractivity contribution is 7.17. The fourth-order valence-electron chi connectivity index (χ4n) is 2.02. The minimum atomic E-state index is -0.0312. The van der Waals surface area contributed by atoms with Gasteiger partial charge < -0.3 is 10.6 Å². The summed E-state index contributed by atoms with van der Waals surface area (Å²) in [6.07, 6.45) is 1.02. The molecule has 0 radical (unpaired) electrons. The molecule has 0 spiro atoms. The molecule has 2 aromatic rings. The van der Waals surface area contributed by atoms with Gasteiger partial charge >= 0.3 is 0 Å². The van der Waals surface area contributed by atoms with E-state index in [0.717, 1.165) is 12.0 Å². The Labute approximate surface area is 123 Å². The van der Waals surface area contributed by atoms with Crippen LogP contribution in [0.3, 0.4) is 0 Å². The van der Waals surface area contributed by atoms with E-state index in [2.05, 4.69) is 36.2 Å². The summed E-state index contributed by atoms with van der Waals surface area (Å²) in [4.78, 5) is 18.8. The number of nitrogen functional groups attached to an aromatic ring is 1. The maximum atomic E-state index is 12.3. The lowest BCUT2D eigenvalue weighted by Gasteiger charge is -2.16. The Kier molecular flexibility index (Phi) is 4.39. The van der Waals surface area contributed by atoms with Crippen molar-refractivity contribution in [3.63, 3.8) is 0 Å². The Hall–Kier alpha value is -1.88. The number of aryl methyl sites for hydroxylation is 2. The number of hydrogen-bond acceptors (Lipinski definition) is 4. The number of carbonyl (C=O) groups excluding carboxylic acids is 1. The van der Waals surface area contributed by atoms with Gasteiger partial charge in [0, 0.05) is 13.6 Å². The van der Waals surface area contributed by atoms with Crippen molar-refractivity contribution in [3.05, 3.63) is 46.0 Å². The predicted molar refractivity (Wildman–Crippen MR) is 82.9 cm³/mol. The third-order valence-corrected chi connectivity index (χ3v) is 4.18. The van der Waals surface area contributed by atoms with E-state index in [0.29, 0.717) is 22.2 Å². The van der Waals surface area contributed by atoms with Gasteiger partial charge in [-0.3, -0.25) is 4.79 Å². The van der Waals surface area contributed by atoms with E-state index in [-0.39, 0.29) is 5.91 Å². The Balaban J connectivity index is 2.09. The number of benzene rings is 1. The minimum absolute atomic E-state index is 0.0312. The fraction of sp³-hybridized carbons (Fsp3) is 0.333. The molecule has 1 aromatic heterocycles. The van der Waals surface area contributed by atoms with E-state index in [9.17, 15) is 4.79 Å². The van der Waals surface area contributed by atoms with Crippen LogP contribution in [-0.2, 0) is 13.0 Å². The lowest BCUT2D eigenvalue weighted by molar-refractivity contribution is 0.0789. The van der Waals surface area contributed by atoms with Crippen molar-refractivity contribution in [2.24, 2.45) is 0 Å². The number of thiazole rings is 1. The first-order valence-corrected chi connectivity index (χ1v) is 7.39.